The molecule has 3 aromatic heterocycles. The monoisotopic (exact) mass is 572 g/mol. The van der Waals surface area contributed by atoms with Crippen LogP contribution in [0, 0.1) is 5.92 Å². The highest BCUT2D eigenvalue weighted by molar-refractivity contribution is 5.77. The number of nitrogens with zero attached hydrogens (tertiary/aromatic N) is 7. The van der Waals surface area contributed by atoms with Crippen molar-refractivity contribution in [2.24, 2.45) is 5.92 Å². The van der Waals surface area contributed by atoms with E-state index in [9.17, 15) is 14.3 Å². The number of aromatic nitrogens is 5. The molecule has 2 unspecified atom stereocenters. The summed E-state index contributed by atoms with van der Waals surface area (Å²) in [5, 5.41) is 14.2. The average Bonchev–Trinajstić information content (AvgIpc) is 3.11. The van der Waals surface area contributed by atoms with Crippen LogP contribution in [-0.2, 0) is 12.1 Å². The van der Waals surface area contributed by atoms with Crippen LogP contribution in [0.25, 0.3) is 16.9 Å². The Morgan fingerprint density at radius 1 is 1.12 bits per heavy atom. The predicted molar refractivity (Wildman–Crippen MR) is 162 cm³/mol. The van der Waals surface area contributed by atoms with E-state index in [2.05, 4.69) is 43.8 Å². The van der Waals surface area contributed by atoms with Crippen molar-refractivity contribution in [3.63, 3.8) is 0 Å². The summed E-state index contributed by atoms with van der Waals surface area (Å²) in [6.45, 7) is 10.5. The first-order chi connectivity index (χ1) is 20.2. The quantitative estimate of drug-likeness (QED) is 0.290. The number of anilines is 3. The third-order valence-corrected chi connectivity index (χ3v) is 8.24. The van der Waals surface area contributed by atoms with Gasteiger partial charge in [-0.2, -0.15) is 4.98 Å². The highest BCUT2D eigenvalue weighted by Crippen LogP contribution is 2.31. The van der Waals surface area contributed by atoms with E-state index in [1.54, 1.807) is 42.8 Å². The smallest absolute Gasteiger partial charge is 0.278 e. The lowest BCUT2D eigenvalue weighted by atomic mass is 9.95. The molecule has 2 atom stereocenters. The van der Waals surface area contributed by atoms with Crippen LogP contribution in [0.4, 0.5) is 21.7 Å². The number of aliphatic hydroxyl groups is 1. The van der Waals surface area contributed by atoms with E-state index in [-0.39, 0.29) is 18.8 Å². The van der Waals surface area contributed by atoms with Gasteiger partial charge in [0.05, 0.1) is 12.2 Å². The number of hydrogen-bond acceptors (Lipinski definition) is 8. The first-order valence-electron chi connectivity index (χ1n) is 14.5. The van der Waals surface area contributed by atoms with Gasteiger partial charge in [-0.25, -0.2) is 23.7 Å². The van der Waals surface area contributed by atoms with Crippen LogP contribution in [0.3, 0.4) is 0 Å². The van der Waals surface area contributed by atoms with Crippen LogP contribution >= 0.6 is 0 Å². The predicted octanol–water partition coefficient (Wildman–Crippen LogP) is 4.00. The van der Waals surface area contributed by atoms with Gasteiger partial charge in [0.2, 0.25) is 5.95 Å². The second kappa shape index (κ2) is 11.3. The number of hydrogen-bond donors (Lipinski definition) is 2. The molecule has 7 rings (SSSR count). The molecule has 42 heavy (non-hydrogen) atoms. The highest BCUT2D eigenvalue weighted by Gasteiger charge is 2.34. The number of alkyl halides is 1. The fourth-order valence-electron chi connectivity index (χ4n) is 6.15. The first-order valence-corrected chi connectivity index (χ1v) is 14.5. The third-order valence-electron chi connectivity index (χ3n) is 8.24. The first kappa shape index (κ1) is 28.0. The van der Waals surface area contributed by atoms with Crippen LogP contribution in [0.5, 0.6) is 0 Å². The van der Waals surface area contributed by atoms with Gasteiger partial charge in [0.1, 0.15) is 17.7 Å². The van der Waals surface area contributed by atoms with Crippen molar-refractivity contribution < 1.29 is 9.50 Å². The molecule has 0 radical (unpaired) electrons. The zero-order valence-electron chi connectivity index (χ0n) is 24.1. The molecule has 0 aliphatic carbocycles. The van der Waals surface area contributed by atoms with E-state index in [1.165, 1.54) is 17.3 Å². The molecule has 3 fully saturated rings. The van der Waals surface area contributed by atoms with Gasteiger partial charge in [0.15, 0.2) is 11.5 Å². The van der Waals surface area contributed by atoms with Crippen LogP contribution in [0.15, 0.2) is 66.1 Å². The molecule has 10 nitrogen and oxygen atoms in total. The minimum absolute atomic E-state index is 0.248. The van der Waals surface area contributed by atoms with Crippen molar-refractivity contribution in [1.29, 1.82) is 0 Å². The number of piperidine rings is 1. The van der Waals surface area contributed by atoms with E-state index in [0.717, 1.165) is 37.4 Å². The lowest BCUT2D eigenvalue weighted by molar-refractivity contribution is 0.0738. The minimum atomic E-state index is -1.16. The zero-order valence-corrected chi connectivity index (χ0v) is 24.1. The van der Waals surface area contributed by atoms with E-state index < -0.39 is 5.60 Å². The molecule has 6 heterocycles. The topological polar surface area (TPSA) is 104 Å². The van der Waals surface area contributed by atoms with E-state index in [1.807, 2.05) is 12.1 Å². The zero-order chi connectivity index (χ0) is 29.4. The second-order valence-corrected chi connectivity index (χ2v) is 11.7. The number of nitrogens with one attached hydrogen (secondary N) is 1. The molecule has 2 N–H and O–H groups in total. The van der Waals surface area contributed by atoms with Crippen molar-refractivity contribution in [3.05, 3.63) is 77.4 Å². The molecule has 2 bridgehead atoms. The molecule has 3 saturated heterocycles. The average molecular weight is 573 g/mol. The largest absolute Gasteiger partial charge is 0.384 e. The SMILES string of the molecule is C=CCn1c(=O)c2cnc(Nc3ccc(N4CC5CCC(C4)N(CCF)C5)cc3)nc2n1-c1cccc(C(C)(C)O)n1. The lowest BCUT2D eigenvalue weighted by Gasteiger charge is -2.35. The molecule has 3 aliphatic rings. The van der Waals surface area contributed by atoms with Gasteiger partial charge in [0.25, 0.3) is 5.56 Å². The van der Waals surface area contributed by atoms with Gasteiger partial charge in [-0.3, -0.25) is 9.69 Å². The van der Waals surface area contributed by atoms with Crippen LogP contribution in [0.2, 0.25) is 0 Å². The molecule has 3 aliphatic heterocycles. The van der Waals surface area contributed by atoms with Gasteiger partial charge in [0, 0.05) is 49.8 Å². The lowest BCUT2D eigenvalue weighted by Crippen LogP contribution is -2.44. The Balaban J connectivity index is 1.28. The summed E-state index contributed by atoms with van der Waals surface area (Å²) < 4.78 is 16.2. The molecule has 1 aromatic carbocycles. The number of benzene rings is 1. The fraction of sp³-hybridized carbons (Fsp3) is 0.419. The number of allylic oxidation sites excluding steroid dienone is 1. The minimum Gasteiger partial charge on any atom is -0.384 e. The van der Waals surface area contributed by atoms with Crippen molar-refractivity contribution in [1.82, 2.24) is 29.2 Å². The summed E-state index contributed by atoms with van der Waals surface area (Å²) >= 11 is 0. The maximum Gasteiger partial charge on any atom is 0.278 e. The summed E-state index contributed by atoms with van der Waals surface area (Å²) in [6, 6.07) is 13.9. The van der Waals surface area contributed by atoms with Gasteiger partial charge in [-0.15, -0.1) is 6.58 Å². The molecule has 220 valence electrons. The number of rotatable bonds is 9. The molecule has 4 aromatic rings. The summed E-state index contributed by atoms with van der Waals surface area (Å²) in [4.78, 5) is 31.8. The van der Waals surface area contributed by atoms with Crippen molar-refractivity contribution in [2.45, 2.75) is 44.9 Å². The molecular weight excluding hydrogens is 535 g/mol. The summed E-state index contributed by atoms with van der Waals surface area (Å²) in [5.74, 6) is 1.35. The Labute approximate surface area is 244 Å². The Hall–Kier alpha value is -4.09. The van der Waals surface area contributed by atoms with E-state index >= 15 is 0 Å². The molecule has 11 heteroatoms. The molecule has 0 saturated carbocycles. The van der Waals surface area contributed by atoms with Crippen LogP contribution in [-0.4, -0.2) is 73.2 Å². The summed E-state index contributed by atoms with van der Waals surface area (Å²) in [7, 11) is 0. The van der Waals surface area contributed by atoms with Gasteiger partial charge >= 0.3 is 0 Å². The molecular formula is C31H37FN8O2. The van der Waals surface area contributed by atoms with Crippen molar-refractivity contribution in [2.75, 3.05) is 43.1 Å². The van der Waals surface area contributed by atoms with E-state index in [4.69, 9.17) is 4.98 Å². The Morgan fingerprint density at radius 3 is 2.67 bits per heavy atom. The second-order valence-electron chi connectivity index (χ2n) is 11.7. The number of fused-ring (bicyclic) bond motifs is 5. The standard InChI is InChI=1S/C31H37FN8O2/c1-4-15-39-29(41)25-17-33-30(36-28(25)40(39)27-7-5-6-26(35-27)31(2,3)42)34-22-9-12-23(13-10-22)38-19-21-8-11-24(20-38)37(18-21)16-14-32/h4-7,9-10,12-13,17,21,24,42H,1,8,11,14-16,18-20H2,2-3H3,(H,33,34,36). The van der Waals surface area contributed by atoms with E-state index in [0.29, 0.717) is 47.0 Å². The summed E-state index contributed by atoms with van der Waals surface area (Å²) in [5.41, 5.74) is 1.42. The third kappa shape index (κ3) is 5.41. The van der Waals surface area contributed by atoms with Crippen molar-refractivity contribution >= 4 is 28.4 Å². The highest BCUT2D eigenvalue weighted by atomic mass is 19.1. The normalized spacial score (nSPS) is 19.3. The maximum atomic E-state index is 13.3. The molecule has 0 spiro atoms. The summed E-state index contributed by atoms with van der Waals surface area (Å²) in [6.07, 6.45) is 5.48. The Kier molecular flexibility index (Phi) is 7.54. The maximum absolute atomic E-state index is 13.3. The Morgan fingerprint density at radius 2 is 1.93 bits per heavy atom. The van der Waals surface area contributed by atoms with Crippen LogP contribution < -0.4 is 15.8 Å². The fourth-order valence-corrected chi connectivity index (χ4v) is 6.15. The van der Waals surface area contributed by atoms with Gasteiger partial charge in [-0.1, -0.05) is 12.1 Å². The van der Waals surface area contributed by atoms with Gasteiger partial charge < -0.3 is 15.3 Å². The van der Waals surface area contributed by atoms with Gasteiger partial charge in [-0.05, 0) is 69.0 Å². The number of halogens is 1. The Bertz CT molecular complexity index is 1640. The van der Waals surface area contributed by atoms with Crippen molar-refractivity contribution in [3.8, 4) is 5.82 Å². The number of pyridine rings is 1. The van der Waals surface area contributed by atoms with Crippen LogP contribution in [0.1, 0.15) is 32.4 Å². The molecule has 0 amide bonds.